The molecule has 0 spiro atoms. The molecule has 3 heteroatoms. The van der Waals surface area contributed by atoms with Gasteiger partial charge in [-0.05, 0) is 31.0 Å². The minimum Gasteiger partial charge on any atom is -0.494 e. The zero-order valence-electron chi connectivity index (χ0n) is 8.59. The number of halogens is 1. The van der Waals surface area contributed by atoms with Gasteiger partial charge in [-0.2, -0.15) is 0 Å². The summed E-state index contributed by atoms with van der Waals surface area (Å²) in [5, 5.41) is 0. The zero-order valence-corrected chi connectivity index (χ0v) is 8.59. The molecular weight excluding hydrogens is 181 g/mol. The Balaban J connectivity index is 2.94. The Hall–Kier alpha value is -1.09. The summed E-state index contributed by atoms with van der Waals surface area (Å²) in [7, 11) is 0. The van der Waals surface area contributed by atoms with Crippen molar-refractivity contribution in [3.05, 3.63) is 29.6 Å². The second kappa shape index (κ2) is 4.96. The van der Waals surface area contributed by atoms with E-state index in [2.05, 4.69) is 0 Å². The van der Waals surface area contributed by atoms with Crippen LogP contribution < -0.4 is 10.5 Å². The summed E-state index contributed by atoms with van der Waals surface area (Å²) in [6.45, 7) is 4.37. The van der Waals surface area contributed by atoms with Gasteiger partial charge in [-0.15, -0.1) is 0 Å². The quantitative estimate of drug-likeness (QED) is 0.805. The van der Waals surface area contributed by atoms with E-state index in [1.807, 2.05) is 13.8 Å². The summed E-state index contributed by atoms with van der Waals surface area (Å²) in [6, 6.07) is 4.50. The Morgan fingerprint density at radius 3 is 2.64 bits per heavy atom. The number of hydrogen-bond donors (Lipinski definition) is 1. The second-order valence-corrected chi connectivity index (χ2v) is 3.17. The molecule has 0 aliphatic carbocycles. The van der Waals surface area contributed by atoms with Gasteiger partial charge in [-0.1, -0.05) is 6.92 Å². The van der Waals surface area contributed by atoms with Gasteiger partial charge in [-0.3, -0.25) is 0 Å². The first-order chi connectivity index (χ1) is 6.67. The van der Waals surface area contributed by atoms with Crippen LogP contribution in [0, 0.1) is 5.82 Å². The Morgan fingerprint density at radius 2 is 2.07 bits per heavy atom. The molecule has 1 aromatic carbocycles. The highest BCUT2D eigenvalue weighted by molar-refractivity contribution is 5.31. The predicted molar refractivity (Wildman–Crippen MR) is 54.8 cm³/mol. The third-order valence-electron chi connectivity index (χ3n) is 2.07. The summed E-state index contributed by atoms with van der Waals surface area (Å²) in [5.74, 6) is 0.251. The van der Waals surface area contributed by atoms with Gasteiger partial charge in [0.1, 0.15) is 11.6 Å². The highest BCUT2D eigenvalue weighted by Gasteiger charge is 2.07. The second-order valence-electron chi connectivity index (χ2n) is 3.17. The lowest BCUT2D eigenvalue weighted by molar-refractivity contribution is 0.337. The van der Waals surface area contributed by atoms with E-state index >= 15 is 0 Å². The van der Waals surface area contributed by atoms with Crippen LogP contribution in [0.2, 0.25) is 0 Å². The summed E-state index contributed by atoms with van der Waals surface area (Å²) in [5.41, 5.74) is 6.59. The van der Waals surface area contributed by atoms with Crippen LogP contribution in [0.25, 0.3) is 0 Å². The Bertz CT molecular complexity index is 301. The van der Waals surface area contributed by atoms with Crippen LogP contribution in [0.5, 0.6) is 5.75 Å². The molecule has 1 unspecified atom stereocenters. The van der Waals surface area contributed by atoms with Crippen LogP contribution in [0.3, 0.4) is 0 Å². The molecule has 0 aliphatic rings. The molecule has 0 aromatic heterocycles. The van der Waals surface area contributed by atoms with Crippen molar-refractivity contribution in [1.82, 2.24) is 0 Å². The molecule has 0 bridgehead atoms. The first-order valence-corrected chi connectivity index (χ1v) is 4.86. The van der Waals surface area contributed by atoms with E-state index in [0.717, 1.165) is 12.0 Å². The fraction of sp³-hybridized carbons (Fsp3) is 0.455. The van der Waals surface area contributed by atoms with Gasteiger partial charge >= 0.3 is 0 Å². The molecule has 0 saturated heterocycles. The molecule has 14 heavy (non-hydrogen) atoms. The van der Waals surface area contributed by atoms with Crippen LogP contribution in [-0.4, -0.2) is 6.61 Å². The monoisotopic (exact) mass is 197 g/mol. The summed E-state index contributed by atoms with van der Waals surface area (Å²) < 4.78 is 18.3. The van der Waals surface area contributed by atoms with Crippen LogP contribution in [0.4, 0.5) is 4.39 Å². The van der Waals surface area contributed by atoms with Crippen molar-refractivity contribution in [2.45, 2.75) is 26.3 Å². The molecule has 1 atom stereocenters. The van der Waals surface area contributed by atoms with Gasteiger partial charge in [0.05, 0.1) is 6.61 Å². The van der Waals surface area contributed by atoms with E-state index in [9.17, 15) is 4.39 Å². The summed E-state index contributed by atoms with van der Waals surface area (Å²) >= 11 is 0. The van der Waals surface area contributed by atoms with Crippen molar-refractivity contribution in [1.29, 1.82) is 0 Å². The fourth-order valence-corrected chi connectivity index (χ4v) is 1.28. The molecule has 0 aliphatic heterocycles. The molecule has 78 valence electrons. The molecule has 0 heterocycles. The van der Waals surface area contributed by atoms with Crippen molar-refractivity contribution < 1.29 is 9.13 Å². The Kier molecular flexibility index (Phi) is 3.89. The first-order valence-electron chi connectivity index (χ1n) is 4.86. The molecule has 0 radical (unpaired) electrons. The SMILES string of the molecule is CCOc1cc(F)cc(C(N)CC)c1. The minimum absolute atomic E-state index is 0.120. The van der Waals surface area contributed by atoms with Gasteiger partial charge in [0.15, 0.2) is 0 Å². The van der Waals surface area contributed by atoms with E-state index < -0.39 is 0 Å². The van der Waals surface area contributed by atoms with E-state index in [0.29, 0.717) is 12.4 Å². The lowest BCUT2D eigenvalue weighted by Crippen LogP contribution is -2.09. The lowest BCUT2D eigenvalue weighted by Gasteiger charge is -2.11. The van der Waals surface area contributed by atoms with Crippen molar-refractivity contribution in [2.75, 3.05) is 6.61 Å². The molecular formula is C11H16FNO. The van der Waals surface area contributed by atoms with Crippen molar-refractivity contribution in [3.63, 3.8) is 0 Å². The van der Waals surface area contributed by atoms with Crippen LogP contribution in [-0.2, 0) is 0 Å². The minimum atomic E-state index is -0.296. The van der Waals surface area contributed by atoms with Gasteiger partial charge in [0.2, 0.25) is 0 Å². The van der Waals surface area contributed by atoms with Gasteiger partial charge in [0.25, 0.3) is 0 Å². The third kappa shape index (κ3) is 2.70. The third-order valence-corrected chi connectivity index (χ3v) is 2.07. The molecule has 2 N–H and O–H groups in total. The molecule has 0 amide bonds. The number of hydrogen-bond acceptors (Lipinski definition) is 2. The Labute approximate surface area is 83.9 Å². The maximum Gasteiger partial charge on any atom is 0.127 e. The average molecular weight is 197 g/mol. The first kappa shape index (κ1) is 11.0. The summed E-state index contributed by atoms with van der Waals surface area (Å²) in [6.07, 6.45) is 0.787. The zero-order chi connectivity index (χ0) is 10.6. The molecule has 2 nitrogen and oxygen atoms in total. The van der Waals surface area contributed by atoms with Crippen LogP contribution >= 0.6 is 0 Å². The normalized spacial score (nSPS) is 12.6. The van der Waals surface area contributed by atoms with Crippen molar-refractivity contribution in [2.24, 2.45) is 5.73 Å². The largest absolute Gasteiger partial charge is 0.494 e. The number of nitrogens with two attached hydrogens (primary N) is 1. The van der Waals surface area contributed by atoms with Crippen LogP contribution in [0.15, 0.2) is 18.2 Å². The van der Waals surface area contributed by atoms with Gasteiger partial charge < -0.3 is 10.5 Å². The molecule has 1 rings (SSSR count). The average Bonchev–Trinajstić information content (AvgIpc) is 2.16. The Morgan fingerprint density at radius 1 is 1.36 bits per heavy atom. The predicted octanol–water partition coefficient (Wildman–Crippen LogP) is 2.63. The highest BCUT2D eigenvalue weighted by Crippen LogP contribution is 2.21. The molecule has 0 fully saturated rings. The van der Waals surface area contributed by atoms with Crippen LogP contribution in [0.1, 0.15) is 31.9 Å². The maximum absolute atomic E-state index is 13.1. The van der Waals surface area contributed by atoms with Crippen molar-refractivity contribution >= 4 is 0 Å². The maximum atomic E-state index is 13.1. The van der Waals surface area contributed by atoms with E-state index in [1.54, 1.807) is 6.07 Å². The summed E-state index contributed by atoms with van der Waals surface area (Å²) in [4.78, 5) is 0. The number of rotatable bonds is 4. The molecule has 0 saturated carbocycles. The number of ether oxygens (including phenoxy) is 1. The van der Waals surface area contributed by atoms with Gasteiger partial charge in [0, 0.05) is 12.1 Å². The van der Waals surface area contributed by atoms with Crippen molar-refractivity contribution in [3.8, 4) is 5.75 Å². The van der Waals surface area contributed by atoms with Gasteiger partial charge in [-0.25, -0.2) is 4.39 Å². The molecule has 1 aromatic rings. The lowest BCUT2D eigenvalue weighted by atomic mass is 10.1. The van der Waals surface area contributed by atoms with E-state index in [4.69, 9.17) is 10.5 Å². The standard InChI is InChI=1S/C11H16FNO/c1-3-11(13)8-5-9(12)7-10(6-8)14-4-2/h5-7,11H,3-4,13H2,1-2H3. The van der Waals surface area contributed by atoms with E-state index in [-0.39, 0.29) is 11.9 Å². The highest BCUT2D eigenvalue weighted by atomic mass is 19.1. The topological polar surface area (TPSA) is 35.2 Å². The fourth-order valence-electron chi connectivity index (χ4n) is 1.28. The van der Waals surface area contributed by atoms with E-state index in [1.165, 1.54) is 12.1 Å². The smallest absolute Gasteiger partial charge is 0.127 e. The number of benzene rings is 1.